The van der Waals surface area contributed by atoms with E-state index in [-0.39, 0.29) is 12.4 Å². The van der Waals surface area contributed by atoms with Crippen LogP contribution in [0.2, 0.25) is 0 Å². The van der Waals surface area contributed by atoms with Crippen molar-refractivity contribution in [2.24, 2.45) is 0 Å². The number of esters is 1. The molecule has 154 valence electrons. The van der Waals surface area contributed by atoms with Crippen LogP contribution < -0.4 is 10.1 Å². The smallest absolute Gasteiger partial charge is 0.336 e. The average Bonchev–Trinajstić information content (AvgIpc) is 2.99. The number of Topliss-reactive ketones (excluding diaryl/α,β-unsaturated/α-hetero) is 1. The molecule has 0 bridgehead atoms. The molecule has 1 aliphatic carbocycles. The van der Waals surface area contributed by atoms with Crippen LogP contribution in [-0.2, 0) is 9.53 Å². The number of carbonyl (C=O) groups excluding carboxylic acids is 2. The van der Waals surface area contributed by atoms with Crippen LogP contribution in [0.25, 0.3) is 5.70 Å². The third kappa shape index (κ3) is 3.20. The Bertz CT molecular complexity index is 1130. The van der Waals surface area contributed by atoms with Gasteiger partial charge in [-0.15, -0.1) is 0 Å². The van der Waals surface area contributed by atoms with Gasteiger partial charge in [-0.25, -0.2) is 4.79 Å². The summed E-state index contributed by atoms with van der Waals surface area (Å²) in [5.41, 5.74) is 4.65. The molecular formula is C23H19Br2NO4. The summed E-state index contributed by atoms with van der Waals surface area (Å²) in [6.07, 6.45) is 0. The van der Waals surface area contributed by atoms with Crippen LogP contribution in [0.4, 0.5) is 0 Å². The maximum Gasteiger partial charge on any atom is 0.336 e. The van der Waals surface area contributed by atoms with Crippen molar-refractivity contribution < 1.29 is 19.1 Å². The molecule has 0 spiro atoms. The van der Waals surface area contributed by atoms with Crippen LogP contribution in [0, 0.1) is 0 Å². The molecule has 0 amide bonds. The zero-order valence-corrected chi connectivity index (χ0v) is 19.8. The fraction of sp³-hybridized carbons (Fsp3) is 0.217. The van der Waals surface area contributed by atoms with Crippen LogP contribution in [0.1, 0.15) is 41.3 Å². The standard InChI is InChI=1S/C23H19Br2NO4/c1-4-30-23(28)17-11(2)26-20-13-7-5-6-8-14(13)21(27)19(20)18(17)12-9-15(24)22(29-3)16(25)10-12/h5-10,18,26H,4H2,1-3H3/t18-/m0/s1. The molecule has 0 fully saturated rings. The van der Waals surface area contributed by atoms with Gasteiger partial charge in [-0.3, -0.25) is 4.79 Å². The van der Waals surface area contributed by atoms with Crippen LogP contribution >= 0.6 is 31.9 Å². The summed E-state index contributed by atoms with van der Waals surface area (Å²) in [6, 6.07) is 11.2. The normalized spacial score (nSPS) is 17.5. The van der Waals surface area contributed by atoms with Gasteiger partial charge in [-0.05, 0) is 63.4 Å². The molecule has 1 N–H and O–H groups in total. The minimum Gasteiger partial charge on any atom is -0.494 e. The molecule has 1 aliphatic heterocycles. The highest BCUT2D eigenvalue weighted by Crippen LogP contribution is 2.48. The van der Waals surface area contributed by atoms with Gasteiger partial charge in [0.15, 0.2) is 5.78 Å². The first-order valence-electron chi connectivity index (χ1n) is 9.45. The number of hydrogen-bond donors (Lipinski definition) is 1. The molecule has 0 aromatic heterocycles. The Hall–Kier alpha value is -2.38. The maximum atomic E-state index is 13.4. The van der Waals surface area contributed by atoms with Gasteiger partial charge >= 0.3 is 5.97 Å². The van der Waals surface area contributed by atoms with E-state index in [0.717, 1.165) is 25.8 Å². The van der Waals surface area contributed by atoms with Gasteiger partial charge in [0.1, 0.15) is 5.75 Å². The second-order valence-electron chi connectivity index (χ2n) is 7.00. The first-order valence-corrected chi connectivity index (χ1v) is 11.0. The van der Waals surface area contributed by atoms with Gasteiger partial charge in [0.05, 0.1) is 33.9 Å². The Kier molecular flexibility index (Phi) is 5.59. The van der Waals surface area contributed by atoms with Crippen molar-refractivity contribution in [2.75, 3.05) is 13.7 Å². The van der Waals surface area contributed by atoms with Crippen molar-refractivity contribution in [3.8, 4) is 5.75 Å². The SMILES string of the molecule is CCOC(=O)C1=C(C)NC2=C(C(=O)c3ccccc32)[C@H]1c1cc(Br)c(OC)c(Br)c1. The first-order chi connectivity index (χ1) is 14.4. The number of benzene rings is 2. The first kappa shape index (κ1) is 20.9. The molecule has 5 nitrogen and oxygen atoms in total. The monoisotopic (exact) mass is 531 g/mol. The number of rotatable bonds is 4. The quantitative estimate of drug-likeness (QED) is 0.537. The van der Waals surface area contributed by atoms with E-state index in [0.29, 0.717) is 28.2 Å². The lowest BCUT2D eigenvalue weighted by molar-refractivity contribution is -0.138. The minimum absolute atomic E-state index is 0.0875. The number of ether oxygens (including phenoxy) is 2. The fourth-order valence-corrected chi connectivity index (χ4v) is 5.63. The van der Waals surface area contributed by atoms with E-state index < -0.39 is 11.9 Å². The molecule has 4 rings (SSSR count). The average molecular weight is 533 g/mol. The molecule has 2 aromatic carbocycles. The lowest BCUT2D eigenvalue weighted by Gasteiger charge is -2.29. The predicted octanol–water partition coefficient (Wildman–Crippen LogP) is 5.35. The van der Waals surface area contributed by atoms with E-state index in [4.69, 9.17) is 9.47 Å². The number of carbonyl (C=O) groups is 2. The van der Waals surface area contributed by atoms with E-state index in [9.17, 15) is 9.59 Å². The van der Waals surface area contributed by atoms with E-state index in [1.54, 1.807) is 14.0 Å². The van der Waals surface area contributed by atoms with Crippen molar-refractivity contribution >= 4 is 49.3 Å². The Morgan fingerprint density at radius 2 is 1.77 bits per heavy atom. The largest absolute Gasteiger partial charge is 0.494 e. The van der Waals surface area contributed by atoms with Crippen LogP contribution in [-0.4, -0.2) is 25.5 Å². The van der Waals surface area contributed by atoms with Gasteiger partial charge in [0, 0.05) is 28.3 Å². The van der Waals surface area contributed by atoms with Gasteiger partial charge in [0.2, 0.25) is 0 Å². The summed E-state index contributed by atoms with van der Waals surface area (Å²) in [5.74, 6) is -0.457. The molecule has 7 heteroatoms. The van der Waals surface area contributed by atoms with E-state index in [1.807, 2.05) is 43.3 Å². The molecule has 0 saturated heterocycles. The van der Waals surface area contributed by atoms with Crippen LogP contribution in [0.3, 0.4) is 0 Å². The number of nitrogens with one attached hydrogen (secondary N) is 1. The molecule has 0 saturated carbocycles. The van der Waals surface area contributed by atoms with E-state index in [2.05, 4.69) is 37.2 Å². The zero-order valence-electron chi connectivity index (χ0n) is 16.6. The highest BCUT2D eigenvalue weighted by atomic mass is 79.9. The van der Waals surface area contributed by atoms with Crippen molar-refractivity contribution in [1.82, 2.24) is 5.32 Å². The number of ketones is 1. The van der Waals surface area contributed by atoms with E-state index in [1.165, 1.54) is 0 Å². The molecule has 0 unspecified atom stereocenters. The van der Waals surface area contributed by atoms with Crippen molar-refractivity contribution in [2.45, 2.75) is 19.8 Å². The molecule has 1 heterocycles. The van der Waals surface area contributed by atoms with Crippen LogP contribution in [0.5, 0.6) is 5.75 Å². The zero-order chi connectivity index (χ0) is 21.6. The van der Waals surface area contributed by atoms with E-state index >= 15 is 0 Å². The number of dihydropyridines is 1. The molecule has 0 radical (unpaired) electrons. The maximum absolute atomic E-state index is 13.4. The third-order valence-electron chi connectivity index (χ3n) is 5.30. The molecule has 30 heavy (non-hydrogen) atoms. The van der Waals surface area contributed by atoms with Gasteiger partial charge in [0.25, 0.3) is 0 Å². The van der Waals surface area contributed by atoms with Gasteiger partial charge in [-0.2, -0.15) is 0 Å². The second-order valence-corrected chi connectivity index (χ2v) is 8.71. The summed E-state index contributed by atoms with van der Waals surface area (Å²) in [5, 5.41) is 3.30. The fourth-order valence-electron chi connectivity index (χ4n) is 4.08. The molecule has 1 atom stereocenters. The second kappa shape index (κ2) is 8.04. The van der Waals surface area contributed by atoms with Crippen molar-refractivity contribution in [3.05, 3.63) is 78.9 Å². The van der Waals surface area contributed by atoms with Gasteiger partial charge < -0.3 is 14.8 Å². The predicted molar refractivity (Wildman–Crippen MR) is 121 cm³/mol. The Balaban J connectivity index is 1.96. The lowest BCUT2D eigenvalue weighted by Crippen LogP contribution is -2.29. The lowest BCUT2D eigenvalue weighted by atomic mass is 9.80. The van der Waals surface area contributed by atoms with Crippen molar-refractivity contribution in [1.29, 1.82) is 0 Å². The number of hydrogen-bond acceptors (Lipinski definition) is 5. The Morgan fingerprint density at radius 1 is 1.13 bits per heavy atom. The van der Waals surface area contributed by atoms with Crippen LogP contribution in [0.15, 0.2) is 62.2 Å². The number of halogens is 2. The molecule has 2 aliphatic rings. The summed E-state index contributed by atoms with van der Waals surface area (Å²) in [6.45, 7) is 3.85. The Labute approximate surface area is 191 Å². The summed E-state index contributed by atoms with van der Waals surface area (Å²) < 4.78 is 12.2. The number of methoxy groups -OCH3 is 1. The third-order valence-corrected chi connectivity index (χ3v) is 6.48. The minimum atomic E-state index is -0.571. The summed E-state index contributed by atoms with van der Waals surface area (Å²) in [4.78, 5) is 26.4. The number of fused-ring (bicyclic) bond motifs is 2. The molecular weight excluding hydrogens is 514 g/mol. The van der Waals surface area contributed by atoms with Crippen molar-refractivity contribution in [3.63, 3.8) is 0 Å². The summed E-state index contributed by atoms with van der Waals surface area (Å²) >= 11 is 7.08. The highest BCUT2D eigenvalue weighted by molar-refractivity contribution is 9.11. The molecule has 2 aromatic rings. The highest BCUT2D eigenvalue weighted by Gasteiger charge is 2.43. The summed E-state index contributed by atoms with van der Waals surface area (Å²) in [7, 11) is 1.58. The topological polar surface area (TPSA) is 64.6 Å². The Morgan fingerprint density at radius 3 is 2.37 bits per heavy atom. The number of allylic oxidation sites excluding steroid dienone is 2. The van der Waals surface area contributed by atoms with Gasteiger partial charge in [-0.1, -0.05) is 24.3 Å².